The monoisotopic (exact) mass is 959 g/mol. The molecule has 0 saturated carbocycles. The minimum atomic E-state index is -0.0833. The lowest BCUT2D eigenvalue weighted by Crippen LogP contribution is -2.37. The van der Waals surface area contributed by atoms with E-state index in [1.165, 1.54) is 126 Å². The van der Waals surface area contributed by atoms with E-state index in [1.807, 2.05) is 0 Å². The van der Waals surface area contributed by atoms with Crippen LogP contribution in [0.3, 0.4) is 0 Å². The fourth-order valence-electron chi connectivity index (χ4n) is 14.4. The maximum atomic E-state index is 2.74. The highest BCUT2D eigenvalue weighted by Gasteiger charge is 2.44. The number of hydrogen-bond donors (Lipinski definition) is 0. The molecule has 8 aliphatic rings. The fourth-order valence-corrected chi connectivity index (χ4v) is 14.4. The van der Waals surface area contributed by atoms with Crippen LogP contribution in [0.2, 0.25) is 0 Å². The van der Waals surface area contributed by atoms with E-state index < -0.39 is 0 Å². The molecular weight excluding hydrogens is 893 g/mol. The second-order valence-electron chi connectivity index (χ2n) is 23.5. The van der Waals surface area contributed by atoms with Crippen LogP contribution < -0.4 is 9.80 Å². The SMILES string of the molecule is CC1(C)C2=C(CCC(/C=C/C3=CC=C4c5ccc(N(c6ccc7ccccc7c6)c6ccc7ccccc7c6)cc5C(C)(C)C4C3)=C2)c2ccc(N(C3=CCC4C=CC=CC4=C3)C3CCC4=C(C=CCC4)C3)cc21. The first kappa shape index (κ1) is 45.2. The van der Waals surface area contributed by atoms with Gasteiger partial charge in [-0.25, -0.2) is 0 Å². The number of allylic oxidation sites excluding steroid dienone is 20. The molecule has 14 rings (SSSR count). The molecule has 8 aliphatic carbocycles. The van der Waals surface area contributed by atoms with Crippen LogP contribution in [0.5, 0.6) is 0 Å². The largest absolute Gasteiger partial charge is 0.338 e. The summed E-state index contributed by atoms with van der Waals surface area (Å²) in [6, 6.07) is 46.4. The Morgan fingerprint density at radius 1 is 0.595 bits per heavy atom. The topological polar surface area (TPSA) is 6.48 Å². The van der Waals surface area contributed by atoms with Crippen molar-refractivity contribution in [3.63, 3.8) is 0 Å². The van der Waals surface area contributed by atoms with Crippen molar-refractivity contribution in [2.24, 2.45) is 11.8 Å². The third-order valence-electron chi connectivity index (χ3n) is 18.5. The highest BCUT2D eigenvalue weighted by atomic mass is 15.2. The van der Waals surface area contributed by atoms with Crippen LogP contribution in [-0.2, 0) is 10.8 Å². The van der Waals surface area contributed by atoms with Gasteiger partial charge in [0.05, 0.1) is 0 Å². The summed E-state index contributed by atoms with van der Waals surface area (Å²) >= 11 is 0. The molecule has 0 saturated heterocycles. The highest BCUT2D eigenvalue weighted by Crippen LogP contribution is 2.56. The van der Waals surface area contributed by atoms with Gasteiger partial charge in [-0.15, -0.1) is 0 Å². The molecule has 364 valence electrons. The lowest BCUT2D eigenvalue weighted by molar-refractivity contribution is 0.410. The minimum Gasteiger partial charge on any atom is -0.338 e. The summed E-state index contributed by atoms with van der Waals surface area (Å²) in [4.78, 5) is 5.20. The van der Waals surface area contributed by atoms with Gasteiger partial charge in [-0.3, -0.25) is 0 Å². The second-order valence-corrected chi connectivity index (χ2v) is 23.5. The van der Waals surface area contributed by atoms with Crippen LogP contribution in [0, 0.1) is 11.8 Å². The Labute approximate surface area is 438 Å². The maximum absolute atomic E-state index is 2.74. The molecule has 6 aromatic carbocycles. The van der Waals surface area contributed by atoms with Crippen molar-refractivity contribution in [1.82, 2.24) is 0 Å². The van der Waals surface area contributed by atoms with E-state index in [-0.39, 0.29) is 10.8 Å². The molecular formula is C72H66N2. The summed E-state index contributed by atoms with van der Waals surface area (Å²) in [7, 11) is 0. The smallest absolute Gasteiger partial charge is 0.0468 e. The molecule has 0 aliphatic heterocycles. The molecule has 3 unspecified atom stereocenters. The van der Waals surface area contributed by atoms with E-state index in [9.17, 15) is 0 Å². The van der Waals surface area contributed by atoms with E-state index in [0.29, 0.717) is 17.9 Å². The quantitative estimate of drug-likeness (QED) is 0.150. The number of nitrogens with zero attached hydrogens (tertiary/aromatic N) is 2. The molecule has 74 heavy (non-hydrogen) atoms. The maximum Gasteiger partial charge on any atom is 0.0468 e. The molecule has 0 aromatic heterocycles. The van der Waals surface area contributed by atoms with Gasteiger partial charge in [-0.05, 0) is 207 Å². The number of fused-ring (bicyclic) bond motifs is 8. The Bertz CT molecular complexity index is 3650. The number of rotatable bonds is 8. The average Bonchev–Trinajstić information content (AvgIpc) is 3.82. The van der Waals surface area contributed by atoms with Crippen LogP contribution in [0.4, 0.5) is 22.7 Å². The Kier molecular flexibility index (Phi) is 10.8. The van der Waals surface area contributed by atoms with Gasteiger partial charge in [0.2, 0.25) is 0 Å². The van der Waals surface area contributed by atoms with Gasteiger partial charge in [0.25, 0.3) is 0 Å². The highest BCUT2D eigenvalue weighted by molar-refractivity contribution is 5.94. The van der Waals surface area contributed by atoms with Gasteiger partial charge in [-0.1, -0.05) is 179 Å². The molecule has 0 heterocycles. The van der Waals surface area contributed by atoms with Crippen molar-refractivity contribution < 1.29 is 0 Å². The predicted octanol–water partition coefficient (Wildman–Crippen LogP) is 19.1. The molecule has 0 amide bonds. The molecule has 2 heteroatoms. The van der Waals surface area contributed by atoms with Crippen molar-refractivity contribution >= 4 is 55.4 Å². The lowest BCUT2D eigenvalue weighted by atomic mass is 9.73. The summed E-state index contributed by atoms with van der Waals surface area (Å²) in [5.74, 6) is 0.895. The molecule has 0 bridgehead atoms. The third-order valence-corrected chi connectivity index (χ3v) is 18.5. The summed E-state index contributed by atoms with van der Waals surface area (Å²) in [6.45, 7) is 9.91. The van der Waals surface area contributed by atoms with E-state index >= 15 is 0 Å². The van der Waals surface area contributed by atoms with Crippen LogP contribution in [-0.4, -0.2) is 6.04 Å². The van der Waals surface area contributed by atoms with Crippen LogP contribution in [0.25, 0.3) is 32.7 Å². The zero-order valence-corrected chi connectivity index (χ0v) is 43.5. The van der Waals surface area contributed by atoms with E-state index in [0.717, 1.165) is 32.1 Å². The molecule has 6 aromatic rings. The Hall–Kier alpha value is -7.42. The standard InChI is InChI=1S/C72H66N2/c1-71(2)67-39-47(23-35-63(67)65-37-33-61(45-69(65)71)73(57-29-25-49-13-5-9-17-53(49)41-57)58-30-26-50-14-6-10-18-54(50)42-58)21-22-48-24-36-64-66-38-34-62(46-70(66)72(3,4)68(64)40-48)74(59-31-27-51-15-7-11-19-55(51)43-59)60-32-28-52-16-8-12-20-56(52)44-60/h5-7,9-15,17-23,25-26,29-31,33-35,37-38,40-43,45-46,51,60,67H,8,16,24,27-28,32,36,39,44H2,1-4H3/b22-21+. The van der Waals surface area contributed by atoms with Crippen LogP contribution >= 0.6 is 0 Å². The van der Waals surface area contributed by atoms with Gasteiger partial charge in [-0.2, -0.15) is 0 Å². The summed E-state index contributed by atoms with van der Waals surface area (Å²) in [6.07, 6.45) is 41.5. The van der Waals surface area contributed by atoms with Crippen molar-refractivity contribution in [2.45, 2.75) is 102 Å². The molecule has 0 fully saturated rings. The molecule has 0 spiro atoms. The van der Waals surface area contributed by atoms with Gasteiger partial charge in [0.1, 0.15) is 0 Å². The van der Waals surface area contributed by atoms with Gasteiger partial charge >= 0.3 is 0 Å². The van der Waals surface area contributed by atoms with E-state index in [1.54, 1.807) is 16.7 Å². The van der Waals surface area contributed by atoms with E-state index in [4.69, 9.17) is 0 Å². The zero-order chi connectivity index (χ0) is 49.7. The normalized spacial score (nSPS) is 22.8. The third kappa shape index (κ3) is 7.58. The van der Waals surface area contributed by atoms with Gasteiger partial charge in [0, 0.05) is 45.8 Å². The number of benzene rings is 6. The Balaban J connectivity index is 0.736. The first-order valence-corrected chi connectivity index (χ1v) is 27.7. The van der Waals surface area contributed by atoms with Gasteiger partial charge < -0.3 is 9.80 Å². The number of hydrogen-bond acceptors (Lipinski definition) is 2. The molecule has 2 nitrogen and oxygen atoms in total. The lowest BCUT2D eigenvalue weighted by Gasteiger charge is -2.40. The Morgan fingerprint density at radius 3 is 2.09 bits per heavy atom. The Morgan fingerprint density at radius 2 is 1.30 bits per heavy atom. The number of anilines is 4. The van der Waals surface area contributed by atoms with Gasteiger partial charge in [0.15, 0.2) is 0 Å². The second kappa shape index (κ2) is 17.6. The van der Waals surface area contributed by atoms with Crippen LogP contribution in [0.15, 0.2) is 239 Å². The van der Waals surface area contributed by atoms with Crippen molar-refractivity contribution in [3.05, 3.63) is 262 Å². The fraction of sp³-hybridized carbons (Fsp3) is 0.250. The molecule has 3 atom stereocenters. The van der Waals surface area contributed by atoms with Crippen molar-refractivity contribution in [1.29, 1.82) is 0 Å². The first-order chi connectivity index (χ1) is 36.1. The molecule has 0 radical (unpaired) electrons. The minimum absolute atomic E-state index is 0.0396. The average molecular weight is 959 g/mol. The predicted molar refractivity (Wildman–Crippen MR) is 314 cm³/mol. The van der Waals surface area contributed by atoms with Crippen molar-refractivity contribution in [2.75, 3.05) is 9.80 Å². The summed E-state index contributed by atoms with van der Waals surface area (Å²) in [5, 5.41) is 5.01. The summed E-state index contributed by atoms with van der Waals surface area (Å²) < 4.78 is 0. The zero-order valence-electron chi connectivity index (χ0n) is 43.5. The van der Waals surface area contributed by atoms with E-state index in [2.05, 4.69) is 238 Å². The summed E-state index contributed by atoms with van der Waals surface area (Å²) in [5.41, 5.74) is 24.1. The first-order valence-electron chi connectivity index (χ1n) is 27.7. The van der Waals surface area contributed by atoms with Crippen molar-refractivity contribution in [3.8, 4) is 0 Å². The molecule has 0 N–H and O–H groups in total. The van der Waals surface area contributed by atoms with Crippen LogP contribution in [0.1, 0.15) is 108 Å².